The Morgan fingerprint density at radius 3 is 2.72 bits per heavy atom. The molecule has 3 rings (SSSR count). The van der Waals surface area contributed by atoms with E-state index in [2.05, 4.69) is 27.8 Å². The number of rotatable bonds is 4. The number of nitrogens with one attached hydrogen (secondary N) is 2. The van der Waals surface area contributed by atoms with E-state index in [1.165, 1.54) is 17.7 Å². The van der Waals surface area contributed by atoms with Crippen molar-refractivity contribution in [1.82, 2.24) is 10.6 Å². The first-order valence-corrected chi connectivity index (χ1v) is 8.37. The van der Waals surface area contributed by atoms with Crippen molar-refractivity contribution in [2.45, 2.75) is 19.0 Å². The van der Waals surface area contributed by atoms with Crippen LogP contribution in [0.5, 0.6) is 0 Å². The minimum atomic E-state index is -0.555. The average molecular weight is 344 g/mol. The van der Waals surface area contributed by atoms with E-state index in [0.717, 1.165) is 25.0 Å². The second kappa shape index (κ2) is 7.96. The first-order valence-electron chi connectivity index (χ1n) is 8.37. The quantitative estimate of drug-likeness (QED) is 0.662. The van der Waals surface area contributed by atoms with Gasteiger partial charge in [-0.1, -0.05) is 30.3 Å². The third-order valence-corrected chi connectivity index (χ3v) is 4.31. The van der Waals surface area contributed by atoms with Crippen LogP contribution in [0.15, 0.2) is 53.5 Å². The van der Waals surface area contributed by atoms with E-state index in [1.807, 2.05) is 23.1 Å². The molecule has 0 radical (unpaired) electrons. The number of aliphatic imine (C=N–C) groups is 1. The van der Waals surface area contributed by atoms with Gasteiger partial charge in [0.25, 0.3) is 0 Å². The average Bonchev–Trinajstić information content (AvgIpc) is 3.07. The summed E-state index contributed by atoms with van der Waals surface area (Å²) < 4.78 is 27.0. The van der Waals surface area contributed by atoms with Gasteiger partial charge in [-0.25, -0.2) is 8.78 Å². The fraction of sp³-hybridized carbons (Fsp3) is 0.316. The number of halogens is 2. The van der Waals surface area contributed by atoms with Crippen molar-refractivity contribution < 1.29 is 8.78 Å². The lowest BCUT2D eigenvalue weighted by Crippen LogP contribution is -2.44. The maximum atomic E-state index is 13.9. The molecule has 2 aromatic carbocycles. The minimum absolute atomic E-state index is 0.159. The van der Waals surface area contributed by atoms with E-state index in [9.17, 15) is 8.78 Å². The highest BCUT2D eigenvalue weighted by molar-refractivity contribution is 5.80. The Hall–Kier alpha value is -2.63. The molecular weight excluding hydrogens is 322 g/mol. The summed E-state index contributed by atoms with van der Waals surface area (Å²) in [5.74, 6) is -0.358. The summed E-state index contributed by atoms with van der Waals surface area (Å²) in [7, 11) is 1.73. The summed E-state index contributed by atoms with van der Waals surface area (Å²) >= 11 is 0. The van der Waals surface area contributed by atoms with Gasteiger partial charge in [0.05, 0.1) is 5.69 Å². The molecule has 0 aromatic heterocycles. The molecule has 2 aromatic rings. The van der Waals surface area contributed by atoms with Crippen molar-refractivity contribution in [2.75, 3.05) is 25.0 Å². The van der Waals surface area contributed by atoms with Crippen molar-refractivity contribution in [3.8, 4) is 0 Å². The SMILES string of the molecule is CN=C(NCc1ccccc1)NC1CCN(c2ccc(F)cc2F)C1. The normalized spacial score (nSPS) is 17.6. The summed E-state index contributed by atoms with van der Waals surface area (Å²) in [6.07, 6.45) is 0.864. The van der Waals surface area contributed by atoms with Gasteiger partial charge < -0.3 is 15.5 Å². The first kappa shape index (κ1) is 17.2. The van der Waals surface area contributed by atoms with Crippen LogP contribution >= 0.6 is 0 Å². The number of hydrogen-bond donors (Lipinski definition) is 2. The molecule has 1 heterocycles. The number of anilines is 1. The number of benzene rings is 2. The molecule has 1 fully saturated rings. The van der Waals surface area contributed by atoms with Crippen LogP contribution in [0, 0.1) is 11.6 Å². The monoisotopic (exact) mass is 344 g/mol. The van der Waals surface area contributed by atoms with Gasteiger partial charge in [0, 0.05) is 38.8 Å². The van der Waals surface area contributed by atoms with Crippen LogP contribution in [0.25, 0.3) is 0 Å². The van der Waals surface area contributed by atoms with Crippen LogP contribution in [-0.4, -0.2) is 32.1 Å². The molecule has 0 spiro atoms. The van der Waals surface area contributed by atoms with Crippen molar-refractivity contribution >= 4 is 11.6 Å². The molecule has 1 aliphatic rings. The Bertz CT molecular complexity index is 733. The van der Waals surface area contributed by atoms with Gasteiger partial charge in [-0.3, -0.25) is 4.99 Å². The molecule has 2 N–H and O–H groups in total. The second-order valence-electron chi connectivity index (χ2n) is 6.08. The number of guanidine groups is 1. The fourth-order valence-electron chi connectivity index (χ4n) is 3.00. The second-order valence-corrected chi connectivity index (χ2v) is 6.08. The van der Waals surface area contributed by atoms with Crippen LogP contribution in [0.1, 0.15) is 12.0 Å². The molecule has 0 aliphatic carbocycles. The van der Waals surface area contributed by atoms with E-state index < -0.39 is 11.6 Å². The van der Waals surface area contributed by atoms with Crippen LogP contribution in [0.2, 0.25) is 0 Å². The van der Waals surface area contributed by atoms with E-state index in [0.29, 0.717) is 18.8 Å². The van der Waals surface area contributed by atoms with E-state index in [4.69, 9.17) is 0 Å². The van der Waals surface area contributed by atoms with Crippen molar-refractivity contribution in [1.29, 1.82) is 0 Å². The molecule has 0 bridgehead atoms. The Labute approximate surface area is 146 Å². The summed E-state index contributed by atoms with van der Waals surface area (Å²) in [5, 5.41) is 6.65. The largest absolute Gasteiger partial charge is 0.367 e. The van der Waals surface area contributed by atoms with Crippen LogP contribution in [0.4, 0.5) is 14.5 Å². The van der Waals surface area contributed by atoms with Gasteiger partial charge in [0.15, 0.2) is 5.96 Å². The molecule has 1 aliphatic heterocycles. The van der Waals surface area contributed by atoms with Gasteiger partial charge in [0.2, 0.25) is 0 Å². The maximum absolute atomic E-state index is 13.9. The maximum Gasteiger partial charge on any atom is 0.191 e. The molecule has 4 nitrogen and oxygen atoms in total. The Kier molecular flexibility index (Phi) is 5.48. The van der Waals surface area contributed by atoms with Crippen LogP contribution in [-0.2, 0) is 6.54 Å². The van der Waals surface area contributed by atoms with E-state index in [1.54, 1.807) is 7.05 Å². The van der Waals surface area contributed by atoms with Crippen molar-refractivity contribution in [2.24, 2.45) is 4.99 Å². The Balaban J connectivity index is 1.54. The molecule has 6 heteroatoms. The zero-order chi connectivity index (χ0) is 17.6. The van der Waals surface area contributed by atoms with E-state index in [-0.39, 0.29) is 6.04 Å². The molecule has 1 saturated heterocycles. The smallest absolute Gasteiger partial charge is 0.191 e. The zero-order valence-electron chi connectivity index (χ0n) is 14.2. The molecule has 132 valence electrons. The standard InChI is InChI=1S/C19H22F2N4/c1-22-19(23-12-14-5-3-2-4-6-14)24-16-9-10-25(13-16)18-8-7-15(20)11-17(18)21/h2-8,11,16H,9-10,12-13H2,1H3,(H2,22,23,24). The molecule has 25 heavy (non-hydrogen) atoms. The van der Waals surface area contributed by atoms with Gasteiger partial charge in [0.1, 0.15) is 11.6 Å². The summed E-state index contributed by atoms with van der Waals surface area (Å²) in [5.41, 5.74) is 1.62. The van der Waals surface area contributed by atoms with Gasteiger partial charge in [-0.15, -0.1) is 0 Å². The topological polar surface area (TPSA) is 39.7 Å². The van der Waals surface area contributed by atoms with Crippen molar-refractivity contribution in [3.05, 3.63) is 65.7 Å². The summed E-state index contributed by atoms with van der Waals surface area (Å²) in [6.45, 7) is 2.05. The van der Waals surface area contributed by atoms with Crippen molar-refractivity contribution in [3.63, 3.8) is 0 Å². The summed E-state index contributed by atoms with van der Waals surface area (Å²) in [6, 6.07) is 14.0. The van der Waals surface area contributed by atoms with E-state index >= 15 is 0 Å². The highest BCUT2D eigenvalue weighted by atomic mass is 19.1. The fourth-order valence-corrected chi connectivity index (χ4v) is 3.00. The van der Waals surface area contributed by atoms with Gasteiger partial charge in [-0.05, 0) is 24.1 Å². The third kappa shape index (κ3) is 4.47. The van der Waals surface area contributed by atoms with Gasteiger partial charge in [-0.2, -0.15) is 0 Å². The molecule has 0 amide bonds. The molecule has 0 saturated carbocycles. The zero-order valence-corrected chi connectivity index (χ0v) is 14.2. The van der Waals surface area contributed by atoms with Crippen LogP contribution < -0.4 is 15.5 Å². The minimum Gasteiger partial charge on any atom is -0.367 e. The first-order chi connectivity index (χ1) is 12.2. The van der Waals surface area contributed by atoms with Crippen LogP contribution in [0.3, 0.4) is 0 Å². The number of nitrogens with zero attached hydrogens (tertiary/aromatic N) is 2. The third-order valence-electron chi connectivity index (χ3n) is 4.31. The van der Waals surface area contributed by atoms with Gasteiger partial charge >= 0.3 is 0 Å². The Morgan fingerprint density at radius 1 is 1.20 bits per heavy atom. The highest BCUT2D eigenvalue weighted by Crippen LogP contribution is 2.24. The lowest BCUT2D eigenvalue weighted by atomic mass is 10.2. The lowest BCUT2D eigenvalue weighted by molar-refractivity contribution is 0.580. The molecular formula is C19H22F2N4. The Morgan fingerprint density at radius 2 is 2.00 bits per heavy atom. The molecule has 1 atom stereocenters. The predicted octanol–water partition coefficient (Wildman–Crippen LogP) is 2.91. The number of hydrogen-bond acceptors (Lipinski definition) is 2. The summed E-state index contributed by atoms with van der Waals surface area (Å²) in [4.78, 5) is 6.17. The highest BCUT2D eigenvalue weighted by Gasteiger charge is 2.25. The molecule has 1 unspecified atom stereocenters. The predicted molar refractivity (Wildman–Crippen MR) is 96.8 cm³/mol. The lowest BCUT2D eigenvalue weighted by Gasteiger charge is -2.21.